The Bertz CT molecular complexity index is 1590. The van der Waals surface area contributed by atoms with Crippen LogP contribution >= 0.6 is 0 Å². The normalized spacial score (nSPS) is 13.4. The molecule has 0 spiro atoms. The summed E-state index contributed by atoms with van der Waals surface area (Å²) in [6.45, 7) is 5.54. The number of ether oxygens (including phenoxy) is 4. The lowest BCUT2D eigenvalue weighted by molar-refractivity contribution is -0.118. The largest absolute Gasteiger partial charge is 0.490 e. The number of methoxy groups -OCH3 is 1. The van der Waals surface area contributed by atoms with Gasteiger partial charge in [0.05, 0.1) is 54.1 Å². The number of amides is 2. The highest BCUT2D eigenvalue weighted by Crippen LogP contribution is 2.31. The Kier molecular flexibility index (Phi) is 9.89. The highest BCUT2D eigenvalue weighted by Gasteiger charge is 2.29. The fraction of sp³-hybridized carbons (Fsp3) is 0.219. The number of benzene rings is 3. The van der Waals surface area contributed by atoms with Gasteiger partial charge in [0.2, 0.25) is 0 Å². The van der Waals surface area contributed by atoms with Crippen LogP contribution in [0.4, 0.5) is 11.4 Å². The van der Waals surface area contributed by atoms with E-state index in [1.807, 2.05) is 6.92 Å². The number of hydrogen-bond acceptors (Lipinski definition) is 9. The van der Waals surface area contributed by atoms with Crippen molar-refractivity contribution >= 4 is 46.9 Å². The van der Waals surface area contributed by atoms with Crippen LogP contribution in [0.25, 0.3) is 6.08 Å². The third kappa shape index (κ3) is 7.25. The van der Waals surface area contributed by atoms with Gasteiger partial charge in [-0.15, -0.1) is 0 Å². The maximum absolute atomic E-state index is 13.3. The molecule has 0 bridgehead atoms. The molecule has 1 heterocycles. The topological polar surface area (TPSA) is 133 Å². The number of carbonyl (C=O) groups is 4. The quantitative estimate of drug-likeness (QED) is 0.249. The van der Waals surface area contributed by atoms with Crippen LogP contribution in [0.3, 0.4) is 0 Å². The molecule has 1 aliphatic heterocycles. The van der Waals surface area contributed by atoms with Crippen LogP contribution < -0.4 is 19.8 Å². The zero-order valence-corrected chi connectivity index (χ0v) is 24.2. The van der Waals surface area contributed by atoms with Gasteiger partial charge in [-0.25, -0.2) is 9.59 Å². The number of hydrogen-bond donors (Lipinski definition) is 1. The van der Waals surface area contributed by atoms with Gasteiger partial charge in [-0.3, -0.25) is 9.59 Å². The molecule has 11 nitrogen and oxygen atoms in total. The third-order valence-electron chi connectivity index (χ3n) is 6.23. The predicted molar refractivity (Wildman–Crippen MR) is 160 cm³/mol. The zero-order valence-electron chi connectivity index (χ0n) is 24.2. The standard InChI is InChI=1S/C32H31N3O8/c1-5-41-28-18-21(11-16-27(28)43-19-29(36)33-26-10-8-7-9-24(26)32(39)40-4)17-25-20(3)34-35(30(25)37)23-14-12-22(13-15-23)31(38)42-6-2/h7-18H,5-6,19H2,1-4H3,(H,33,36)/b25-17+. The van der Waals surface area contributed by atoms with Crippen molar-refractivity contribution in [3.05, 3.63) is 89.0 Å². The summed E-state index contributed by atoms with van der Waals surface area (Å²) in [5.74, 6) is -1.12. The van der Waals surface area contributed by atoms with E-state index in [2.05, 4.69) is 10.4 Å². The number of nitrogens with zero attached hydrogens (tertiary/aromatic N) is 2. The molecule has 43 heavy (non-hydrogen) atoms. The maximum Gasteiger partial charge on any atom is 0.339 e. The average molecular weight is 586 g/mol. The van der Waals surface area contributed by atoms with Crippen molar-refractivity contribution in [1.82, 2.24) is 0 Å². The van der Waals surface area contributed by atoms with Gasteiger partial charge >= 0.3 is 11.9 Å². The van der Waals surface area contributed by atoms with Crippen LogP contribution in [0.2, 0.25) is 0 Å². The minimum absolute atomic E-state index is 0.221. The first kappa shape index (κ1) is 30.5. The van der Waals surface area contributed by atoms with Crippen LogP contribution in [0, 0.1) is 0 Å². The first-order valence-corrected chi connectivity index (χ1v) is 13.5. The molecule has 0 saturated heterocycles. The molecule has 0 aliphatic carbocycles. The summed E-state index contributed by atoms with van der Waals surface area (Å²) >= 11 is 0. The van der Waals surface area contributed by atoms with Gasteiger partial charge in [-0.05, 0) is 80.9 Å². The SMILES string of the molecule is CCOC(=O)c1ccc(N2N=C(C)/C(=C\c3ccc(OCC(=O)Nc4ccccc4C(=O)OC)c(OCC)c3)C2=O)cc1. The van der Waals surface area contributed by atoms with Crippen molar-refractivity contribution in [2.45, 2.75) is 20.8 Å². The molecule has 1 N–H and O–H groups in total. The van der Waals surface area contributed by atoms with E-state index in [4.69, 9.17) is 18.9 Å². The van der Waals surface area contributed by atoms with Gasteiger partial charge in [0.1, 0.15) is 0 Å². The molecule has 3 aromatic rings. The molecule has 0 fully saturated rings. The summed E-state index contributed by atoms with van der Waals surface area (Å²) in [6.07, 6.45) is 1.69. The molecule has 0 unspecified atom stereocenters. The number of hydrazone groups is 1. The maximum atomic E-state index is 13.3. The second kappa shape index (κ2) is 13.9. The zero-order chi connectivity index (χ0) is 30.9. The van der Waals surface area contributed by atoms with Crippen LogP contribution in [0.1, 0.15) is 47.1 Å². The van der Waals surface area contributed by atoms with Crippen LogP contribution in [0.5, 0.6) is 11.5 Å². The van der Waals surface area contributed by atoms with Crippen molar-refractivity contribution in [2.24, 2.45) is 5.10 Å². The van der Waals surface area contributed by atoms with E-state index < -0.39 is 17.8 Å². The number of para-hydroxylation sites is 1. The molecule has 222 valence electrons. The van der Waals surface area contributed by atoms with Crippen LogP contribution in [-0.4, -0.2) is 56.4 Å². The Balaban J connectivity index is 1.47. The average Bonchev–Trinajstić information content (AvgIpc) is 3.29. The second-order valence-electron chi connectivity index (χ2n) is 9.14. The fourth-order valence-electron chi connectivity index (χ4n) is 4.19. The Morgan fingerprint density at radius 3 is 2.35 bits per heavy atom. The van der Waals surface area contributed by atoms with Crippen molar-refractivity contribution in [3.63, 3.8) is 0 Å². The molecule has 3 aromatic carbocycles. The Hall–Kier alpha value is -5.45. The minimum atomic E-state index is -0.573. The molecule has 1 aliphatic rings. The molecule has 4 rings (SSSR count). The number of esters is 2. The number of anilines is 2. The van der Waals surface area contributed by atoms with Gasteiger partial charge in [0.25, 0.3) is 11.8 Å². The number of nitrogens with one attached hydrogen (secondary N) is 1. The molecule has 0 radical (unpaired) electrons. The Morgan fingerprint density at radius 1 is 0.907 bits per heavy atom. The second-order valence-corrected chi connectivity index (χ2v) is 9.14. The van der Waals surface area contributed by atoms with E-state index in [1.54, 1.807) is 86.7 Å². The lowest BCUT2D eigenvalue weighted by atomic mass is 10.1. The molecule has 0 saturated carbocycles. The highest BCUT2D eigenvalue weighted by molar-refractivity contribution is 6.32. The van der Waals surface area contributed by atoms with Gasteiger partial charge in [-0.2, -0.15) is 10.1 Å². The van der Waals surface area contributed by atoms with Crippen molar-refractivity contribution in [3.8, 4) is 11.5 Å². The van der Waals surface area contributed by atoms with Crippen molar-refractivity contribution in [1.29, 1.82) is 0 Å². The van der Waals surface area contributed by atoms with E-state index in [1.165, 1.54) is 12.1 Å². The monoisotopic (exact) mass is 585 g/mol. The Labute approximate surface area is 248 Å². The Morgan fingerprint density at radius 2 is 1.65 bits per heavy atom. The minimum Gasteiger partial charge on any atom is -0.490 e. The fourth-order valence-corrected chi connectivity index (χ4v) is 4.19. The summed E-state index contributed by atoms with van der Waals surface area (Å²) in [7, 11) is 1.26. The highest BCUT2D eigenvalue weighted by atomic mass is 16.5. The molecule has 2 amide bonds. The smallest absolute Gasteiger partial charge is 0.339 e. The lowest BCUT2D eigenvalue weighted by Gasteiger charge is -2.14. The van der Waals surface area contributed by atoms with Gasteiger partial charge in [0.15, 0.2) is 18.1 Å². The first-order chi connectivity index (χ1) is 20.7. The molecular weight excluding hydrogens is 554 g/mol. The van der Waals surface area contributed by atoms with E-state index in [0.29, 0.717) is 51.9 Å². The molecular formula is C32H31N3O8. The van der Waals surface area contributed by atoms with E-state index >= 15 is 0 Å². The summed E-state index contributed by atoms with van der Waals surface area (Å²) in [4.78, 5) is 49.8. The van der Waals surface area contributed by atoms with Gasteiger partial charge in [-0.1, -0.05) is 18.2 Å². The van der Waals surface area contributed by atoms with Gasteiger partial charge in [0, 0.05) is 0 Å². The summed E-state index contributed by atoms with van der Waals surface area (Å²) in [5, 5.41) is 8.32. The number of carbonyl (C=O) groups excluding carboxylic acids is 4. The first-order valence-electron chi connectivity index (χ1n) is 13.5. The van der Waals surface area contributed by atoms with E-state index in [9.17, 15) is 19.2 Å². The number of rotatable bonds is 11. The molecule has 0 atom stereocenters. The molecule has 11 heteroatoms. The predicted octanol–water partition coefficient (Wildman–Crippen LogP) is 4.87. The summed E-state index contributed by atoms with van der Waals surface area (Å²) < 4.78 is 21.2. The van der Waals surface area contributed by atoms with Crippen LogP contribution in [0.15, 0.2) is 77.4 Å². The van der Waals surface area contributed by atoms with Crippen molar-refractivity contribution in [2.75, 3.05) is 37.3 Å². The van der Waals surface area contributed by atoms with E-state index in [-0.39, 0.29) is 24.7 Å². The third-order valence-corrected chi connectivity index (χ3v) is 6.23. The summed E-state index contributed by atoms with van der Waals surface area (Å²) in [5.41, 5.74) is 2.96. The summed E-state index contributed by atoms with van der Waals surface area (Å²) in [6, 6.07) is 18.0. The van der Waals surface area contributed by atoms with Crippen molar-refractivity contribution < 1.29 is 38.1 Å². The molecule has 0 aromatic heterocycles. The lowest BCUT2D eigenvalue weighted by Crippen LogP contribution is -2.22. The van der Waals surface area contributed by atoms with Crippen LogP contribution in [-0.2, 0) is 19.1 Å². The van der Waals surface area contributed by atoms with E-state index in [0.717, 1.165) is 0 Å². The van der Waals surface area contributed by atoms with Gasteiger partial charge < -0.3 is 24.3 Å².